The number of methoxy groups -OCH3 is 1. The molecule has 2 aromatic carbocycles. The van der Waals surface area contributed by atoms with E-state index in [1.807, 2.05) is 23.6 Å². The van der Waals surface area contributed by atoms with Gasteiger partial charge in [-0.1, -0.05) is 50.9 Å². The maximum Gasteiger partial charge on any atom is 0.338 e. The number of carbonyl (C=O) groups is 1. The number of esters is 1. The van der Waals surface area contributed by atoms with Crippen molar-refractivity contribution >= 4 is 28.5 Å². The summed E-state index contributed by atoms with van der Waals surface area (Å²) in [5.74, 6) is -0.227. The number of pyridine rings is 1. The number of hydrogen-bond donors (Lipinski definition) is 0. The van der Waals surface area contributed by atoms with Crippen LogP contribution in [0.1, 0.15) is 55.6 Å². The lowest BCUT2D eigenvalue weighted by atomic mass is 9.96. The highest BCUT2D eigenvalue weighted by molar-refractivity contribution is 6.32. The fraction of sp³-hybridized carbons (Fsp3) is 0.310. The zero-order valence-electron chi connectivity index (χ0n) is 21.4. The summed E-state index contributed by atoms with van der Waals surface area (Å²) in [6.07, 6.45) is 3.46. The van der Waals surface area contributed by atoms with Crippen LogP contribution in [0.3, 0.4) is 0 Å². The molecule has 0 saturated carbocycles. The van der Waals surface area contributed by atoms with Crippen molar-refractivity contribution in [2.45, 2.75) is 39.5 Å². The minimum atomic E-state index is -0.353. The number of unbranched alkanes of at least 4 members (excludes halogenated alkanes) is 1. The number of rotatable bonds is 10. The number of hydrogen-bond acceptors (Lipinski definition) is 5. The van der Waals surface area contributed by atoms with Crippen LogP contribution in [-0.4, -0.2) is 36.0 Å². The SMILES string of the molecule is CCCCOC(=O)c1ccc(-c2c(C(C)C)n(-c3ccc(F)cc3)c3cnc(Cl)c(OCOC)c23)cc1. The van der Waals surface area contributed by atoms with Crippen molar-refractivity contribution in [2.75, 3.05) is 20.5 Å². The Morgan fingerprint density at radius 3 is 2.43 bits per heavy atom. The Hall–Kier alpha value is -3.42. The van der Waals surface area contributed by atoms with Gasteiger partial charge in [0.15, 0.2) is 17.7 Å². The van der Waals surface area contributed by atoms with Gasteiger partial charge in [0.25, 0.3) is 0 Å². The summed E-state index contributed by atoms with van der Waals surface area (Å²) in [5.41, 5.74) is 4.72. The molecule has 0 atom stereocenters. The van der Waals surface area contributed by atoms with E-state index in [1.54, 1.807) is 30.5 Å². The van der Waals surface area contributed by atoms with Crippen molar-refractivity contribution in [1.82, 2.24) is 9.55 Å². The first-order valence-electron chi connectivity index (χ1n) is 12.2. The van der Waals surface area contributed by atoms with Gasteiger partial charge in [0.1, 0.15) is 5.82 Å². The summed E-state index contributed by atoms with van der Waals surface area (Å²) in [5, 5.41) is 0.955. The molecule has 2 aromatic heterocycles. The fourth-order valence-electron chi connectivity index (χ4n) is 4.36. The Balaban J connectivity index is 1.96. The predicted molar refractivity (Wildman–Crippen MR) is 143 cm³/mol. The van der Waals surface area contributed by atoms with Gasteiger partial charge in [-0.05, 0) is 54.3 Å². The molecule has 2 heterocycles. The molecule has 0 unspecified atom stereocenters. The Morgan fingerprint density at radius 1 is 1.11 bits per heavy atom. The first-order valence-corrected chi connectivity index (χ1v) is 12.6. The van der Waals surface area contributed by atoms with E-state index in [9.17, 15) is 9.18 Å². The molecule has 0 N–H and O–H groups in total. The van der Waals surface area contributed by atoms with Gasteiger partial charge < -0.3 is 18.8 Å². The second kappa shape index (κ2) is 11.8. The molecule has 0 fully saturated rings. The normalized spacial score (nSPS) is 11.3. The van der Waals surface area contributed by atoms with Gasteiger partial charge in [-0.2, -0.15) is 0 Å². The number of benzene rings is 2. The van der Waals surface area contributed by atoms with E-state index < -0.39 is 0 Å². The van der Waals surface area contributed by atoms with Crippen LogP contribution < -0.4 is 4.74 Å². The summed E-state index contributed by atoms with van der Waals surface area (Å²) in [4.78, 5) is 16.8. The summed E-state index contributed by atoms with van der Waals surface area (Å²) in [6.45, 7) is 6.60. The molecular weight excluding hydrogens is 495 g/mol. The summed E-state index contributed by atoms with van der Waals surface area (Å²) in [6, 6.07) is 13.6. The first kappa shape index (κ1) is 26.6. The molecule has 4 aromatic rings. The molecule has 0 aliphatic heterocycles. The third kappa shape index (κ3) is 5.48. The highest BCUT2D eigenvalue weighted by Gasteiger charge is 2.27. The zero-order chi connectivity index (χ0) is 26.5. The van der Waals surface area contributed by atoms with Crippen LogP contribution in [0.25, 0.3) is 27.7 Å². The minimum absolute atomic E-state index is 0.0127. The molecule has 37 heavy (non-hydrogen) atoms. The summed E-state index contributed by atoms with van der Waals surface area (Å²) >= 11 is 6.52. The highest BCUT2D eigenvalue weighted by Crippen LogP contribution is 2.46. The molecule has 4 rings (SSSR count). The lowest BCUT2D eigenvalue weighted by Crippen LogP contribution is -2.06. The van der Waals surface area contributed by atoms with Crippen molar-refractivity contribution in [1.29, 1.82) is 0 Å². The van der Waals surface area contributed by atoms with Gasteiger partial charge in [-0.25, -0.2) is 14.2 Å². The predicted octanol–water partition coefficient (Wildman–Crippen LogP) is 7.55. The quantitative estimate of drug-likeness (QED) is 0.0927. The van der Waals surface area contributed by atoms with Crippen LogP contribution in [0.5, 0.6) is 5.75 Å². The minimum Gasteiger partial charge on any atom is -0.464 e. The lowest BCUT2D eigenvalue weighted by molar-refractivity contribution is 0.0499. The van der Waals surface area contributed by atoms with E-state index in [4.69, 9.17) is 25.8 Å². The van der Waals surface area contributed by atoms with Crippen LogP contribution in [0.15, 0.2) is 54.7 Å². The number of nitrogens with zero attached hydrogens (tertiary/aromatic N) is 2. The van der Waals surface area contributed by atoms with Gasteiger partial charge in [0, 0.05) is 24.1 Å². The topological polar surface area (TPSA) is 62.6 Å². The molecular formula is C29H30ClFN2O4. The smallest absolute Gasteiger partial charge is 0.338 e. The molecule has 0 aliphatic rings. The van der Waals surface area contributed by atoms with Gasteiger partial charge in [0.2, 0.25) is 0 Å². The third-order valence-electron chi connectivity index (χ3n) is 6.05. The van der Waals surface area contributed by atoms with Crippen molar-refractivity contribution in [2.24, 2.45) is 0 Å². The molecule has 0 aliphatic carbocycles. The zero-order valence-corrected chi connectivity index (χ0v) is 22.1. The van der Waals surface area contributed by atoms with Crippen LogP contribution in [0, 0.1) is 5.82 Å². The van der Waals surface area contributed by atoms with Gasteiger partial charge >= 0.3 is 5.97 Å². The number of halogens is 2. The Bertz CT molecular complexity index is 1380. The molecule has 0 radical (unpaired) electrons. The molecule has 0 bridgehead atoms. The average molecular weight is 525 g/mol. The summed E-state index contributed by atoms with van der Waals surface area (Å²) < 4.78 is 32.3. The monoisotopic (exact) mass is 524 g/mol. The van der Waals surface area contributed by atoms with E-state index in [1.165, 1.54) is 19.2 Å². The van der Waals surface area contributed by atoms with Crippen LogP contribution >= 0.6 is 11.6 Å². The number of fused-ring (bicyclic) bond motifs is 1. The van der Waals surface area contributed by atoms with Gasteiger partial charge in [-0.15, -0.1) is 0 Å². The molecule has 194 valence electrons. The first-order chi connectivity index (χ1) is 17.9. The van der Waals surface area contributed by atoms with E-state index in [0.29, 0.717) is 17.9 Å². The summed E-state index contributed by atoms with van der Waals surface area (Å²) in [7, 11) is 1.53. The van der Waals surface area contributed by atoms with Crippen molar-refractivity contribution in [3.8, 4) is 22.6 Å². The lowest BCUT2D eigenvalue weighted by Gasteiger charge is -2.16. The van der Waals surface area contributed by atoms with Crippen LogP contribution in [-0.2, 0) is 9.47 Å². The van der Waals surface area contributed by atoms with Gasteiger partial charge in [-0.3, -0.25) is 0 Å². The van der Waals surface area contributed by atoms with Crippen LogP contribution in [0.2, 0.25) is 5.15 Å². The molecule has 0 amide bonds. The Labute approximate surface area is 220 Å². The highest BCUT2D eigenvalue weighted by atomic mass is 35.5. The number of carbonyl (C=O) groups excluding carboxylic acids is 1. The second-order valence-electron chi connectivity index (χ2n) is 8.98. The molecule has 8 heteroatoms. The maximum absolute atomic E-state index is 13.8. The van der Waals surface area contributed by atoms with E-state index >= 15 is 0 Å². The molecule has 6 nitrogen and oxygen atoms in total. The maximum atomic E-state index is 13.8. The van der Waals surface area contributed by atoms with E-state index in [-0.39, 0.29) is 29.7 Å². The molecule has 0 spiro atoms. The second-order valence-corrected chi connectivity index (χ2v) is 9.34. The van der Waals surface area contributed by atoms with E-state index in [0.717, 1.165) is 46.3 Å². The fourth-order valence-corrected chi connectivity index (χ4v) is 4.56. The van der Waals surface area contributed by atoms with Gasteiger partial charge in [0.05, 0.1) is 29.3 Å². The van der Waals surface area contributed by atoms with E-state index in [2.05, 4.69) is 18.8 Å². The standard InChI is InChI=1S/C29H30ClFN2O4/c1-5-6-15-36-29(34)20-9-7-19(8-10-20)24-25-23(16-32-28(30)27(25)37-17-35-4)33(26(24)18(2)3)22-13-11-21(31)12-14-22/h7-14,16,18H,5-6,15,17H2,1-4H3. The third-order valence-corrected chi connectivity index (χ3v) is 6.32. The van der Waals surface area contributed by atoms with Crippen molar-refractivity contribution in [3.63, 3.8) is 0 Å². The van der Waals surface area contributed by atoms with Crippen LogP contribution in [0.4, 0.5) is 4.39 Å². The van der Waals surface area contributed by atoms with Crippen molar-refractivity contribution < 1.29 is 23.4 Å². The van der Waals surface area contributed by atoms with Crippen molar-refractivity contribution in [3.05, 3.63) is 77.0 Å². The average Bonchev–Trinajstić information content (AvgIpc) is 3.24. The largest absolute Gasteiger partial charge is 0.464 e. The number of aromatic nitrogens is 2. The Kier molecular flexibility index (Phi) is 8.46. The Morgan fingerprint density at radius 2 is 1.81 bits per heavy atom. The molecule has 0 saturated heterocycles. The number of ether oxygens (including phenoxy) is 3.